The van der Waals surface area contributed by atoms with Crippen LogP contribution >= 0.6 is 0 Å². The number of nitrogens with two attached hydrogens (primary N) is 1. The van der Waals surface area contributed by atoms with Crippen LogP contribution in [-0.2, 0) is 13.1 Å². The summed E-state index contributed by atoms with van der Waals surface area (Å²) in [4.78, 5) is 10.8. The van der Waals surface area contributed by atoms with Crippen LogP contribution in [-0.4, -0.2) is 16.5 Å². The Morgan fingerprint density at radius 2 is 2.11 bits per heavy atom. The molecule has 5 nitrogen and oxygen atoms in total. The van der Waals surface area contributed by atoms with Gasteiger partial charge in [-0.25, -0.2) is 0 Å². The lowest BCUT2D eigenvalue weighted by Crippen LogP contribution is -2.23. The number of aryl methyl sites for hydroxylation is 1. The van der Waals surface area contributed by atoms with Crippen molar-refractivity contribution in [2.45, 2.75) is 26.9 Å². The summed E-state index contributed by atoms with van der Waals surface area (Å²) >= 11 is 0. The molecule has 0 fully saturated rings. The summed E-state index contributed by atoms with van der Waals surface area (Å²) in [6.45, 7) is 5.92. The van der Waals surface area contributed by atoms with Crippen LogP contribution in [0.5, 0.6) is 0 Å². The van der Waals surface area contributed by atoms with Crippen LogP contribution in [0, 0.1) is 6.92 Å². The smallest absolute Gasteiger partial charge is 0.297 e. The monoisotopic (exact) mass is 246 g/mol. The molecule has 0 aromatic carbocycles. The lowest BCUT2D eigenvalue weighted by molar-refractivity contribution is 0.533. The summed E-state index contributed by atoms with van der Waals surface area (Å²) < 4.78 is 5.42. The summed E-state index contributed by atoms with van der Waals surface area (Å²) in [7, 11) is 0. The van der Waals surface area contributed by atoms with Crippen LogP contribution in [0.3, 0.4) is 0 Å². The fourth-order valence-corrected chi connectivity index (χ4v) is 1.73. The first-order chi connectivity index (χ1) is 8.72. The van der Waals surface area contributed by atoms with Crippen molar-refractivity contribution in [1.82, 2.24) is 9.97 Å². The van der Waals surface area contributed by atoms with Gasteiger partial charge in [0.2, 0.25) is 0 Å². The Hall–Kier alpha value is -1.88. The van der Waals surface area contributed by atoms with Gasteiger partial charge < -0.3 is 15.1 Å². The van der Waals surface area contributed by atoms with Crippen molar-refractivity contribution in [2.24, 2.45) is 5.73 Å². The predicted molar refractivity (Wildman–Crippen MR) is 70.1 cm³/mol. The number of nitrogens with zero attached hydrogens (tertiary/aromatic N) is 3. The van der Waals surface area contributed by atoms with Gasteiger partial charge in [-0.2, -0.15) is 4.98 Å². The fourth-order valence-electron chi connectivity index (χ4n) is 1.73. The fraction of sp³-hybridized carbons (Fsp3) is 0.385. The molecule has 0 amide bonds. The van der Waals surface area contributed by atoms with Crippen LogP contribution < -0.4 is 10.6 Å². The molecule has 0 aliphatic carbocycles. The lowest BCUT2D eigenvalue weighted by atomic mass is 10.3. The van der Waals surface area contributed by atoms with Crippen LogP contribution in [0.1, 0.15) is 24.0 Å². The number of rotatable bonds is 5. The van der Waals surface area contributed by atoms with Crippen molar-refractivity contribution in [3.8, 4) is 0 Å². The average molecular weight is 246 g/mol. The molecular weight excluding hydrogens is 228 g/mol. The normalized spacial score (nSPS) is 10.6. The third kappa shape index (κ3) is 2.87. The molecule has 2 rings (SSSR count). The topological polar surface area (TPSA) is 68.2 Å². The highest BCUT2D eigenvalue weighted by Gasteiger charge is 2.12. The number of hydrogen-bond donors (Lipinski definition) is 1. The van der Waals surface area contributed by atoms with Gasteiger partial charge >= 0.3 is 0 Å². The molecule has 96 valence electrons. The van der Waals surface area contributed by atoms with E-state index in [-0.39, 0.29) is 0 Å². The van der Waals surface area contributed by atoms with E-state index in [4.69, 9.17) is 10.2 Å². The Balaban J connectivity index is 2.14. The van der Waals surface area contributed by atoms with Gasteiger partial charge in [0.05, 0.1) is 17.9 Å². The van der Waals surface area contributed by atoms with Gasteiger partial charge in [-0.05, 0) is 26.0 Å². The molecule has 2 aromatic heterocycles. The van der Waals surface area contributed by atoms with Crippen molar-refractivity contribution in [3.63, 3.8) is 0 Å². The highest BCUT2D eigenvalue weighted by atomic mass is 16.4. The minimum absolute atomic E-state index is 0.393. The largest absolute Gasteiger partial charge is 0.432 e. The molecule has 0 unspecified atom stereocenters. The van der Waals surface area contributed by atoms with E-state index in [0.29, 0.717) is 19.1 Å². The second-order valence-corrected chi connectivity index (χ2v) is 4.11. The average Bonchev–Trinajstić information content (AvgIpc) is 2.84. The number of anilines is 1. The van der Waals surface area contributed by atoms with Crippen LogP contribution in [0.25, 0.3) is 0 Å². The van der Waals surface area contributed by atoms with Crippen LogP contribution in [0.4, 0.5) is 6.01 Å². The molecule has 0 radical (unpaired) electrons. The van der Waals surface area contributed by atoms with Gasteiger partial charge in [0.15, 0.2) is 0 Å². The first-order valence-corrected chi connectivity index (χ1v) is 6.05. The van der Waals surface area contributed by atoms with Gasteiger partial charge in [-0.3, -0.25) is 4.98 Å². The molecule has 2 heterocycles. The van der Waals surface area contributed by atoms with E-state index >= 15 is 0 Å². The summed E-state index contributed by atoms with van der Waals surface area (Å²) in [5, 5.41) is 0. The zero-order valence-electron chi connectivity index (χ0n) is 10.8. The maximum absolute atomic E-state index is 5.52. The van der Waals surface area contributed by atoms with Crippen molar-refractivity contribution in [3.05, 3.63) is 41.5 Å². The van der Waals surface area contributed by atoms with E-state index in [1.165, 1.54) is 0 Å². The molecule has 0 aliphatic heterocycles. The van der Waals surface area contributed by atoms with E-state index < -0.39 is 0 Å². The Morgan fingerprint density at radius 3 is 2.72 bits per heavy atom. The van der Waals surface area contributed by atoms with E-state index in [9.17, 15) is 0 Å². The molecular formula is C13H18N4O. The predicted octanol–water partition coefficient (Wildman–Crippen LogP) is 1.86. The van der Waals surface area contributed by atoms with Crippen molar-refractivity contribution in [2.75, 3.05) is 11.4 Å². The van der Waals surface area contributed by atoms with E-state index in [2.05, 4.69) is 16.9 Å². The molecule has 0 spiro atoms. The third-order valence-corrected chi connectivity index (χ3v) is 2.70. The quantitative estimate of drug-likeness (QED) is 0.872. The SMILES string of the molecule is CCN(Cc1cccc(C)n1)c1nc(CN)co1. The van der Waals surface area contributed by atoms with Crippen molar-refractivity contribution >= 4 is 6.01 Å². The van der Waals surface area contributed by atoms with Crippen LogP contribution in [0.15, 0.2) is 28.9 Å². The Kier molecular flexibility index (Phi) is 3.94. The molecule has 0 saturated heterocycles. The molecule has 0 aliphatic rings. The summed E-state index contributed by atoms with van der Waals surface area (Å²) in [6, 6.07) is 6.59. The maximum Gasteiger partial charge on any atom is 0.297 e. The summed E-state index contributed by atoms with van der Waals surface area (Å²) in [6.07, 6.45) is 1.60. The first kappa shape index (κ1) is 12.6. The van der Waals surface area contributed by atoms with Gasteiger partial charge in [0.25, 0.3) is 6.01 Å². The lowest BCUT2D eigenvalue weighted by Gasteiger charge is -2.17. The molecule has 0 bridgehead atoms. The van der Waals surface area contributed by atoms with E-state index in [1.807, 2.05) is 30.0 Å². The number of aromatic nitrogens is 2. The standard InChI is InChI=1S/C13H18N4O/c1-3-17(13-16-12(7-14)9-18-13)8-11-6-4-5-10(2)15-11/h4-6,9H,3,7-8,14H2,1-2H3. The zero-order chi connectivity index (χ0) is 13.0. The minimum Gasteiger partial charge on any atom is -0.432 e. The van der Waals surface area contributed by atoms with Gasteiger partial charge in [0, 0.05) is 18.8 Å². The van der Waals surface area contributed by atoms with Crippen molar-refractivity contribution < 1.29 is 4.42 Å². The Morgan fingerprint density at radius 1 is 1.28 bits per heavy atom. The Bertz CT molecular complexity index is 509. The first-order valence-electron chi connectivity index (χ1n) is 6.05. The van der Waals surface area contributed by atoms with Gasteiger partial charge in [0.1, 0.15) is 6.26 Å². The zero-order valence-corrected chi connectivity index (χ0v) is 10.8. The van der Waals surface area contributed by atoms with E-state index in [0.717, 1.165) is 23.6 Å². The Labute approximate surface area is 107 Å². The highest BCUT2D eigenvalue weighted by Crippen LogP contribution is 2.15. The highest BCUT2D eigenvalue weighted by molar-refractivity contribution is 5.28. The second-order valence-electron chi connectivity index (χ2n) is 4.11. The minimum atomic E-state index is 0.393. The van der Waals surface area contributed by atoms with Crippen molar-refractivity contribution in [1.29, 1.82) is 0 Å². The van der Waals surface area contributed by atoms with Crippen LogP contribution in [0.2, 0.25) is 0 Å². The van der Waals surface area contributed by atoms with Gasteiger partial charge in [-0.15, -0.1) is 0 Å². The molecule has 2 aromatic rings. The second kappa shape index (κ2) is 5.64. The maximum atomic E-state index is 5.52. The third-order valence-electron chi connectivity index (χ3n) is 2.70. The van der Waals surface area contributed by atoms with Gasteiger partial charge in [-0.1, -0.05) is 6.07 Å². The molecule has 18 heavy (non-hydrogen) atoms. The number of pyridine rings is 1. The number of hydrogen-bond acceptors (Lipinski definition) is 5. The summed E-state index contributed by atoms with van der Waals surface area (Å²) in [5.74, 6) is 0. The molecule has 0 atom stereocenters. The molecule has 0 saturated carbocycles. The van der Waals surface area contributed by atoms with E-state index in [1.54, 1.807) is 6.26 Å². The molecule has 2 N–H and O–H groups in total. The summed E-state index contributed by atoms with van der Waals surface area (Å²) in [5.41, 5.74) is 8.30. The molecule has 5 heteroatoms. The number of oxazole rings is 1.